The summed E-state index contributed by atoms with van der Waals surface area (Å²) in [4.78, 5) is 0. The molecule has 0 bridgehead atoms. The second kappa shape index (κ2) is 32.8. The first kappa shape index (κ1) is 38.9. The Balaban J connectivity index is -0.000000156. The summed E-state index contributed by atoms with van der Waals surface area (Å²) in [7, 11) is 0. The molecule has 0 atom stereocenters. The van der Waals surface area contributed by atoms with E-state index < -0.39 is 13.3 Å². The monoisotopic (exact) mass is 663 g/mol. The normalized spacial score (nSPS) is 9.84. The first-order valence-electron chi connectivity index (χ1n) is 12.5. The molecule has 0 aliphatic rings. The fourth-order valence-electron chi connectivity index (χ4n) is 2.16. The smallest absolute Gasteiger partial charge is 4.00 e. The van der Waals surface area contributed by atoms with E-state index in [9.17, 15) is 0 Å². The van der Waals surface area contributed by atoms with E-state index in [0.29, 0.717) is 0 Å². The predicted octanol–water partition coefficient (Wildman–Crippen LogP) is 8.49. The third kappa shape index (κ3) is 38.2. The number of nitrogens with zero attached hydrogens (tertiary/aromatic N) is 3. The van der Waals surface area contributed by atoms with Gasteiger partial charge in [0.1, 0.15) is 0 Å². The van der Waals surface area contributed by atoms with Gasteiger partial charge in [-0.3, -0.25) is 0 Å². The van der Waals surface area contributed by atoms with E-state index in [0.717, 1.165) is 39.3 Å². The molecule has 1 aromatic carbocycles. The topological polar surface area (TPSA) is 42.3 Å². The summed E-state index contributed by atoms with van der Waals surface area (Å²) in [5.74, 6) is 7.24. The molecule has 0 unspecified atom stereocenters. The van der Waals surface area contributed by atoms with Gasteiger partial charge in [0.15, 0.2) is 0 Å². The minimum absolute atomic E-state index is 0. The van der Waals surface area contributed by atoms with Crippen molar-refractivity contribution in [2.75, 3.05) is 39.3 Å². The maximum Gasteiger partial charge on any atom is 4.00 e. The fourth-order valence-corrected chi connectivity index (χ4v) is 4.66. The van der Waals surface area contributed by atoms with Gasteiger partial charge in [0, 0.05) is 0 Å². The number of hydrogen-bond donors (Lipinski definition) is 0. The predicted molar refractivity (Wildman–Crippen MR) is 146 cm³/mol. The van der Waals surface area contributed by atoms with Crippen molar-refractivity contribution in [2.24, 2.45) is 0 Å². The van der Waals surface area contributed by atoms with Crippen LogP contribution in [0.2, 0.25) is 17.3 Å². The second-order valence-corrected chi connectivity index (χ2v) is 19.1. The third-order valence-electron chi connectivity index (χ3n) is 3.82. The average molecular weight is 661 g/mol. The zero-order chi connectivity index (χ0) is 23.5. The number of hydrogen-bond acceptors (Lipinski definition) is 0. The van der Waals surface area contributed by atoms with Gasteiger partial charge in [-0.05, 0) is 0 Å². The Morgan fingerprint density at radius 3 is 0.871 bits per heavy atom. The zero-order valence-corrected chi connectivity index (χ0v) is 28.3. The van der Waals surface area contributed by atoms with E-state index in [1.807, 2.05) is 0 Å². The Morgan fingerprint density at radius 2 is 0.742 bits per heavy atom. The van der Waals surface area contributed by atoms with Crippen molar-refractivity contribution in [1.29, 1.82) is 0 Å². The molecular formula is C26H55GeHfN3. The van der Waals surface area contributed by atoms with Crippen LogP contribution in [-0.4, -0.2) is 52.5 Å². The largest absolute Gasteiger partial charge is 4.00 e. The summed E-state index contributed by atoms with van der Waals surface area (Å²) in [5, 5.41) is 12.6. The van der Waals surface area contributed by atoms with Gasteiger partial charge in [-0.25, -0.2) is 0 Å². The van der Waals surface area contributed by atoms with Crippen LogP contribution in [0.1, 0.15) is 80.1 Å². The summed E-state index contributed by atoms with van der Waals surface area (Å²) >= 11 is -1.44. The van der Waals surface area contributed by atoms with E-state index >= 15 is 0 Å². The third-order valence-corrected chi connectivity index (χ3v) is 8.15. The summed E-state index contributed by atoms with van der Waals surface area (Å²) < 4.78 is 1.61. The van der Waals surface area contributed by atoms with Crippen LogP contribution in [0.5, 0.6) is 0 Å². The molecule has 0 saturated carbocycles. The minimum atomic E-state index is -1.44. The molecule has 0 spiro atoms. The SMILES string of the molecule is CCC[N-]CCC.CCC[N-]CCC.CCC[N-]CCC.[CH3][Ge]([CH3])([CH3])[c-]1cccc1.[Hf+4]. The van der Waals surface area contributed by atoms with Crippen molar-refractivity contribution in [1.82, 2.24) is 0 Å². The molecular weight excluding hydrogens is 605 g/mol. The molecule has 0 aliphatic carbocycles. The molecule has 31 heavy (non-hydrogen) atoms. The molecule has 0 aromatic heterocycles. The summed E-state index contributed by atoms with van der Waals surface area (Å²) in [5.41, 5.74) is 0. The molecule has 5 heteroatoms. The van der Waals surface area contributed by atoms with Crippen molar-refractivity contribution in [2.45, 2.75) is 97.3 Å². The van der Waals surface area contributed by atoms with Crippen LogP contribution in [0.3, 0.4) is 0 Å². The van der Waals surface area contributed by atoms with Gasteiger partial charge in [0.05, 0.1) is 0 Å². The molecule has 0 fully saturated rings. The quantitative estimate of drug-likeness (QED) is 0.116. The van der Waals surface area contributed by atoms with Gasteiger partial charge in [-0.15, -0.1) is 39.3 Å². The van der Waals surface area contributed by atoms with Crippen LogP contribution in [0.4, 0.5) is 0 Å². The van der Waals surface area contributed by atoms with Crippen LogP contribution >= 0.6 is 0 Å². The van der Waals surface area contributed by atoms with Crippen LogP contribution in [0, 0.1) is 0 Å². The Morgan fingerprint density at radius 1 is 0.516 bits per heavy atom. The number of rotatable bonds is 13. The Bertz CT molecular complexity index is 343. The van der Waals surface area contributed by atoms with Crippen molar-refractivity contribution in [3.8, 4) is 0 Å². The molecule has 0 radical (unpaired) electrons. The van der Waals surface area contributed by atoms with Crippen LogP contribution < -0.4 is 4.40 Å². The van der Waals surface area contributed by atoms with Gasteiger partial charge < -0.3 is 16.0 Å². The fraction of sp³-hybridized carbons (Fsp3) is 0.808. The van der Waals surface area contributed by atoms with E-state index in [4.69, 9.17) is 0 Å². The zero-order valence-electron chi connectivity index (χ0n) is 22.6. The summed E-state index contributed by atoms with van der Waals surface area (Å²) in [6.07, 6.45) is 7.17. The van der Waals surface area contributed by atoms with Crippen LogP contribution in [0.25, 0.3) is 16.0 Å². The molecule has 3 nitrogen and oxygen atoms in total. The molecule has 0 heterocycles. The van der Waals surface area contributed by atoms with E-state index in [2.05, 4.69) is 99.0 Å². The Kier molecular flexibility index (Phi) is 41.2. The maximum absolute atomic E-state index is 4.21. The average Bonchev–Trinajstić information content (AvgIpc) is 3.26. The summed E-state index contributed by atoms with van der Waals surface area (Å²) in [6, 6.07) is 8.76. The van der Waals surface area contributed by atoms with Gasteiger partial charge in [0.25, 0.3) is 0 Å². The van der Waals surface area contributed by atoms with Gasteiger partial charge >= 0.3 is 85.0 Å². The van der Waals surface area contributed by atoms with Crippen molar-refractivity contribution < 1.29 is 25.8 Å². The summed E-state index contributed by atoms with van der Waals surface area (Å²) in [6.45, 7) is 19.2. The molecule has 0 saturated heterocycles. The van der Waals surface area contributed by atoms with Crippen molar-refractivity contribution >= 4 is 17.7 Å². The van der Waals surface area contributed by atoms with Gasteiger partial charge in [-0.1, -0.05) is 80.1 Å². The van der Waals surface area contributed by atoms with Gasteiger partial charge in [0.2, 0.25) is 0 Å². The molecule has 0 aliphatic heterocycles. The van der Waals surface area contributed by atoms with Gasteiger partial charge in [-0.2, -0.15) is 0 Å². The van der Waals surface area contributed by atoms with Crippen molar-refractivity contribution in [3.63, 3.8) is 0 Å². The standard InChI is InChI=1S/C8H13Ge.3C6H14N.Hf/c1-9(2,3)8-6-4-5-7-8;3*1-3-5-7-6-4-2;/h4-7H,1-3H3;3*3-6H2,1-2H3;/q4*-1;+4. The minimum Gasteiger partial charge on any atom is 4.00 e. The molecule has 0 amide bonds. The van der Waals surface area contributed by atoms with Crippen LogP contribution in [0.15, 0.2) is 24.3 Å². The molecule has 1 aromatic rings. The van der Waals surface area contributed by atoms with E-state index in [-0.39, 0.29) is 25.8 Å². The Hall–Kier alpha value is 0.643. The first-order valence-corrected chi connectivity index (χ1v) is 19.8. The molecule has 0 N–H and O–H groups in total. The Labute approximate surface area is 219 Å². The molecule has 182 valence electrons. The second-order valence-electron chi connectivity index (χ2n) is 8.44. The first-order chi connectivity index (χ1) is 14.3. The van der Waals surface area contributed by atoms with E-state index in [1.54, 1.807) is 4.40 Å². The van der Waals surface area contributed by atoms with E-state index in [1.165, 1.54) is 38.5 Å². The maximum atomic E-state index is 4.21. The van der Waals surface area contributed by atoms with Crippen molar-refractivity contribution in [3.05, 3.63) is 40.2 Å². The molecule has 1 rings (SSSR count). The van der Waals surface area contributed by atoms with Crippen LogP contribution in [-0.2, 0) is 25.8 Å².